The number of aryl methyl sites for hydroxylation is 2. The standard InChI is InChI=1S/C12H18N4O4/c1-3-4-8-10(16(19)20)11(15(2)14-8)13-9(12(17)18)7-5-6-7/h7,9,13H,3-6H2,1-2H3,(H,17,18). The Morgan fingerprint density at radius 1 is 1.65 bits per heavy atom. The average Bonchev–Trinajstić information content (AvgIpc) is 3.12. The van der Waals surface area contributed by atoms with Crippen molar-refractivity contribution in [1.82, 2.24) is 9.78 Å². The minimum Gasteiger partial charge on any atom is -0.480 e. The molecule has 1 aromatic rings. The number of hydrogen-bond donors (Lipinski definition) is 2. The number of hydrogen-bond acceptors (Lipinski definition) is 5. The predicted octanol–water partition coefficient (Wildman–Crippen LogP) is 1.56. The lowest BCUT2D eigenvalue weighted by Gasteiger charge is -2.14. The Kier molecular flexibility index (Phi) is 3.91. The molecule has 0 radical (unpaired) electrons. The lowest BCUT2D eigenvalue weighted by Crippen LogP contribution is -2.32. The Bertz CT molecular complexity index is 536. The molecule has 2 N–H and O–H groups in total. The summed E-state index contributed by atoms with van der Waals surface area (Å²) >= 11 is 0. The highest BCUT2D eigenvalue weighted by atomic mass is 16.6. The maximum Gasteiger partial charge on any atom is 0.334 e. The molecular formula is C12H18N4O4. The van der Waals surface area contributed by atoms with E-state index in [1.165, 1.54) is 4.68 Å². The highest BCUT2D eigenvalue weighted by Gasteiger charge is 2.39. The summed E-state index contributed by atoms with van der Waals surface area (Å²) in [5.41, 5.74) is 0.281. The van der Waals surface area contributed by atoms with Gasteiger partial charge in [0.1, 0.15) is 11.7 Å². The van der Waals surface area contributed by atoms with Crippen LogP contribution in [0.4, 0.5) is 11.5 Å². The Hall–Kier alpha value is -2.12. The van der Waals surface area contributed by atoms with E-state index in [4.69, 9.17) is 0 Å². The fraction of sp³-hybridized carbons (Fsp3) is 0.667. The van der Waals surface area contributed by atoms with Crippen molar-refractivity contribution in [3.05, 3.63) is 15.8 Å². The van der Waals surface area contributed by atoms with Gasteiger partial charge in [-0.3, -0.25) is 10.1 Å². The molecule has 0 saturated heterocycles. The fourth-order valence-corrected chi connectivity index (χ4v) is 2.29. The van der Waals surface area contributed by atoms with Gasteiger partial charge in [0.15, 0.2) is 0 Å². The van der Waals surface area contributed by atoms with Crippen LogP contribution < -0.4 is 5.32 Å². The number of aliphatic carboxylic acids is 1. The third-order valence-corrected chi connectivity index (χ3v) is 3.41. The van der Waals surface area contributed by atoms with Crippen LogP contribution in [-0.2, 0) is 18.3 Å². The summed E-state index contributed by atoms with van der Waals surface area (Å²) in [4.78, 5) is 22.0. The number of carboxylic acids is 1. The van der Waals surface area contributed by atoms with Gasteiger partial charge in [0.05, 0.1) is 4.92 Å². The van der Waals surface area contributed by atoms with Crippen molar-refractivity contribution in [2.24, 2.45) is 13.0 Å². The van der Waals surface area contributed by atoms with Crippen molar-refractivity contribution in [3.8, 4) is 0 Å². The fourth-order valence-electron chi connectivity index (χ4n) is 2.29. The van der Waals surface area contributed by atoms with Crippen LogP contribution in [0.25, 0.3) is 0 Å². The van der Waals surface area contributed by atoms with Gasteiger partial charge in [0, 0.05) is 7.05 Å². The van der Waals surface area contributed by atoms with Gasteiger partial charge in [0.25, 0.3) is 0 Å². The highest BCUT2D eigenvalue weighted by molar-refractivity contribution is 5.79. The quantitative estimate of drug-likeness (QED) is 0.580. The highest BCUT2D eigenvalue weighted by Crippen LogP contribution is 2.37. The first-order chi connectivity index (χ1) is 9.45. The zero-order valence-corrected chi connectivity index (χ0v) is 11.5. The molecule has 0 bridgehead atoms. The molecule has 1 atom stereocenters. The molecule has 0 spiro atoms. The second-order valence-corrected chi connectivity index (χ2v) is 5.07. The van der Waals surface area contributed by atoms with Crippen molar-refractivity contribution in [1.29, 1.82) is 0 Å². The average molecular weight is 282 g/mol. The molecule has 1 unspecified atom stereocenters. The van der Waals surface area contributed by atoms with E-state index >= 15 is 0 Å². The monoisotopic (exact) mass is 282 g/mol. The molecule has 0 aliphatic heterocycles. The van der Waals surface area contributed by atoms with E-state index in [0.29, 0.717) is 12.1 Å². The van der Waals surface area contributed by atoms with E-state index in [1.54, 1.807) is 7.05 Å². The van der Waals surface area contributed by atoms with Gasteiger partial charge < -0.3 is 10.4 Å². The SMILES string of the molecule is CCCc1nn(C)c(NC(C(=O)O)C2CC2)c1[N+](=O)[O-]. The Morgan fingerprint density at radius 3 is 2.75 bits per heavy atom. The summed E-state index contributed by atoms with van der Waals surface area (Å²) in [5, 5.41) is 27.4. The van der Waals surface area contributed by atoms with Crippen LogP contribution in [0.1, 0.15) is 31.9 Å². The van der Waals surface area contributed by atoms with E-state index in [2.05, 4.69) is 10.4 Å². The van der Waals surface area contributed by atoms with Gasteiger partial charge in [-0.05, 0) is 25.2 Å². The minimum absolute atomic E-state index is 0.0385. The van der Waals surface area contributed by atoms with Crippen LogP contribution in [0.5, 0.6) is 0 Å². The first-order valence-electron chi connectivity index (χ1n) is 6.65. The van der Waals surface area contributed by atoms with Crippen LogP contribution >= 0.6 is 0 Å². The zero-order chi connectivity index (χ0) is 14.9. The minimum atomic E-state index is -0.986. The molecule has 1 fully saturated rings. The van der Waals surface area contributed by atoms with Crippen LogP contribution in [0.2, 0.25) is 0 Å². The van der Waals surface area contributed by atoms with Crippen LogP contribution in [0, 0.1) is 16.0 Å². The summed E-state index contributed by atoms with van der Waals surface area (Å²) < 4.78 is 1.36. The van der Waals surface area contributed by atoms with Crippen molar-refractivity contribution < 1.29 is 14.8 Å². The van der Waals surface area contributed by atoms with Crippen molar-refractivity contribution in [2.45, 2.75) is 38.6 Å². The van der Waals surface area contributed by atoms with Crippen molar-refractivity contribution in [3.63, 3.8) is 0 Å². The maximum atomic E-state index is 11.2. The molecule has 20 heavy (non-hydrogen) atoms. The summed E-state index contributed by atoms with van der Waals surface area (Å²) in [6, 6.07) is -0.793. The van der Waals surface area contributed by atoms with Crippen molar-refractivity contribution >= 4 is 17.5 Å². The number of nitrogens with zero attached hydrogens (tertiary/aromatic N) is 3. The zero-order valence-electron chi connectivity index (χ0n) is 11.5. The number of nitro groups is 1. The Balaban J connectivity index is 2.34. The van der Waals surface area contributed by atoms with Crippen molar-refractivity contribution in [2.75, 3.05) is 5.32 Å². The first-order valence-corrected chi connectivity index (χ1v) is 6.65. The molecular weight excluding hydrogens is 264 g/mol. The van der Waals surface area contributed by atoms with E-state index < -0.39 is 16.9 Å². The number of nitrogens with one attached hydrogen (secondary N) is 1. The maximum absolute atomic E-state index is 11.2. The number of carbonyl (C=O) groups is 1. The van der Waals surface area contributed by atoms with E-state index in [0.717, 1.165) is 19.3 Å². The topological polar surface area (TPSA) is 110 Å². The number of carboxylic acid groups (broad SMARTS) is 1. The molecule has 0 aromatic carbocycles. The Morgan fingerprint density at radius 2 is 2.30 bits per heavy atom. The second-order valence-electron chi connectivity index (χ2n) is 5.07. The lowest BCUT2D eigenvalue weighted by molar-refractivity contribution is -0.384. The molecule has 8 heteroatoms. The summed E-state index contributed by atoms with van der Waals surface area (Å²) in [5.74, 6) is -0.769. The number of rotatable bonds is 7. The van der Waals surface area contributed by atoms with Crippen LogP contribution in [0.3, 0.4) is 0 Å². The summed E-state index contributed by atoms with van der Waals surface area (Å²) in [7, 11) is 1.58. The first kappa shape index (κ1) is 14.3. The molecule has 1 aliphatic carbocycles. The predicted molar refractivity (Wildman–Crippen MR) is 71.6 cm³/mol. The van der Waals surface area contributed by atoms with Crippen LogP contribution in [-0.4, -0.2) is 31.8 Å². The van der Waals surface area contributed by atoms with Crippen LogP contribution in [0.15, 0.2) is 0 Å². The van der Waals surface area contributed by atoms with Gasteiger partial charge >= 0.3 is 11.7 Å². The number of aromatic nitrogens is 2. The molecule has 110 valence electrons. The molecule has 0 amide bonds. The summed E-state index contributed by atoms with van der Waals surface area (Å²) in [6.45, 7) is 1.91. The smallest absolute Gasteiger partial charge is 0.334 e. The third-order valence-electron chi connectivity index (χ3n) is 3.41. The molecule has 1 aliphatic rings. The lowest BCUT2D eigenvalue weighted by atomic mass is 10.2. The molecule has 1 saturated carbocycles. The number of anilines is 1. The molecule has 8 nitrogen and oxygen atoms in total. The van der Waals surface area contributed by atoms with Gasteiger partial charge in [0.2, 0.25) is 5.82 Å². The largest absolute Gasteiger partial charge is 0.480 e. The van der Waals surface area contributed by atoms with Gasteiger partial charge in [-0.2, -0.15) is 5.10 Å². The molecule has 1 aromatic heterocycles. The second kappa shape index (κ2) is 5.48. The van der Waals surface area contributed by atoms with E-state index in [1.807, 2.05) is 6.92 Å². The van der Waals surface area contributed by atoms with E-state index in [9.17, 15) is 20.0 Å². The van der Waals surface area contributed by atoms with Gasteiger partial charge in [-0.15, -0.1) is 0 Å². The Labute approximate surface area is 115 Å². The molecule has 1 heterocycles. The summed E-state index contributed by atoms with van der Waals surface area (Å²) in [6.07, 6.45) is 2.89. The van der Waals surface area contributed by atoms with E-state index in [-0.39, 0.29) is 17.4 Å². The van der Waals surface area contributed by atoms with Gasteiger partial charge in [-0.25, -0.2) is 9.48 Å². The normalized spacial score (nSPS) is 15.9. The van der Waals surface area contributed by atoms with Gasteiger partial charge in [-0.1, -0.05) is 13.3 Å². The molecule has 2 rings (SSSR count). The third kappa shape index (κ3) is 2.73.